The number of hydrogen-bond donors (Lipinski definition) is 1. The van der Waals surface area contributed by atoms with Gasteiger partial charge in [0.2, 0.25) is 0 Å². The average molecular weight is 471 g/mol. The summed E-state index contributed by atoms with van der Waals surface area (Å²) in [7, 11) is 0. The zero-order valence-corrected chi connectivity index (χ0v) is 18.9. The lowest BCUT2D eigenvalue weighted by molar-refractivity contribution is 0.110. The number of nitrogens with zero attached hydrogens (tertiary/aromatic N) is 3. The maximum absolute atomic E-state index is 11.0. The van der Waals surface area contributed by atoms with Crippen LogP contribution < -0.4 is 10.1 Å². The molecule has 8 heteroatoms. The summed E-state index contributed by atoms with van der Waals surface area (Å²) in [6.45, 7) is 2.26. The fourth-order valence-corrected chi connectivity index (χ4v) is 3.78. The highest BCUT2D eigenvalue weighted by Crippen LogP contribution is 2.32. The van der Waals surface area contributed by atoms with Gasteiger partial charge < -0.3 is 14.5 Å². The minimum atomic E-state index is 0.271. The Hall–Kier alpha value is -4.23. The van der Waals surface area contributed by atoms with Crippen molar-refractivity contribution in [2.75, 3.05) is 5.32 Å². The Balaban J connectivity index is 1.38. The van der Waals surface area contributed by atoms with Crippen LogP contribution >= 0.6 is 11.6 Å². The largest absolute Gasteiger partial charge is 0.486 e. The van der Waals surface area contributed by atoms with E-state index in [0.29, 0.717) is 35.2 Å². The third-order valence-corrected chi connectivity index (χ3v) is 5.47. The molecular formula is C26H19ClN4O3. The van der Waals surface area contributed by atoms with Crippen LogP contribution in [-0.2, 0) is 6.61 Å². The lowest BCUT2D eigenvalue weighted by atomic mass is 10.1. The summed E-state index contributed by atoms with van der Waals surface area (Å²) in [5.41, 5.74) is 4.09. The van der Waals surface area contributed by atoms with Crippen molar-refractivity contribution in [1.82, 2.24) is 15.0 Å². The van der Waals surface area contributed by atoms with E-state index in [9.17, 15) is 4.79 Å². The number of pyridine rings is 1. The average Bonchev–Trinajstić information content (AvgIpc) is 3.33. The third-order valence-electron chi connectivity index (χ3n) is 5.18. The summed E-state index contributed by atoms with van der Waals surface area (Å²) in [5, 5.41) is 4.56. The molecule has 0 aliphatic heterocycles. The molecule has 168 valence electrons. The van der Waals surface area contributed by atoms with E-state index in [1.165, 1.54) is 6.33 Å². The molecule has 0 aliphatic carbocycles. The minimum absolute atomic E-state index is 0.271. The molecule has 0 spiro atoms. The topological polar surface area (TPSA) is 90.1 Å². The molecule has 2 aromatic carbocycles. The van der Waals surface area contributed by atoms with Gasteiger partial charge in [-0.15, -0.1) is 0 Å². The summed E-state index contributed by atoms with van der Waals surface area (Å²) in [6.07, 6.45) is 2.17. The van der Waals surface area contributed by atoms with Gasteiger partial charge in [0.15, 0.2) is 12.0 Å². The molecule has 3 aromatic heterocycles. The Bertz CT molecular complexity index is 1500. The molecule has 0 saturated carbocycles. The molecule has 0 atom stereocenters. The molecule has 34 heavy (non-hydrogen) atoms. The Kier molecular flexibility index (Phi) is 5.93. The van der Waals surface area contributed by atoms with Crippen LogP contribution in [-0.4, -0.2) is 21.2 Å². The molecule has 0 amide bonds. The van der Waals surface area contributed by atoms with E-state index in [4.69, 9.17) is 20.8 Å². The first-order chi connectivity index (χ1) is 16.6. The standard InChI is InChI=1S/C26H19ClN4O3/c1-16-3-2-4-19(30-16)14-33-25-9-6-18(12-22(25)27)31-26-21-11-17(5-8-23(21)28-15-29-26)24-10-7-20(13-32)34-24/h2-13,15H,14H2,1H3,(H,28,29,31). The molecule has 0 saturated heterocycles. The molecule has 3 heterocycles. The number of carbonyl (C=O) groups is 1. The quantitative estimate of drug-likeness (QED) is 0.276. The predicted molar refractivity (Wildman–Crippen MR) is 131 cm³/mol. The van der Waals surface area contributed by atoms with Crippen LogP contribution in [0.3, 0.4) is 0 Å². The van der Waals surface area contributed by atoms with Crippen LogP contribution in [0.5, 0.6) is 5.75 Å². The number of halogens is 1. The lowest BCUT2D eigenvalue weighted by Gasteiger charge is -2.12. The predicted octanol–water partition coefficient (Wildman–Crippen LogP) is 6.38. The van der Waals surface area contributed by atoms with Crippen molar-refractivity contribution in [3.63, 3.8) is 0 Å². The van der Waals surface area contributed by atoms with Gasteiger partial charge >= 0.3 is 0 Å². The van der Waals surface area contributed by atoms with E-state index in [1.54, 1.807) is 24.3 Å². The summed E-state index contributed by atoms with van der Waals surface area (Å²) >= 11 is 6.47. The van der Waals surface area contributed by atoms with Crippen molar-refractivity contribution in [1.29, 1.82) is 0 Å². The summed E-state index contributed by atoms with van der Waals surface area (Å²) < 4.78 is 11.4. The number of fused-ring (bicyclic) bond motifs is 1. The smallest absolute Gasteiger partial charge is 0.185 e. The van der Waals surface area contributed by atoms with E-state index >= 15 is 0 Å². The summed E-state index contributed by atoms with van der Waals surface area (Å²) in [6, 6.07) is 20.3. The van der Waals surface area contributed by atoms with E-state index in [0.717, 1.165) is 33.5 Å². The Labute approximate surface area is 200 Å². The van der Waals surface area contributed by atoms with Crippen molar-refractivity contribution >= 4 is 40.3 Å². The van der Waals surface area contributed by atoms with Gasteiger partial charge in [-0.05, 0) is 67.6 Å². The molecule has 5 rings (SSSR count). The maximum Gasteiger partial charge on any atom is 0.185 e. The molecule has 1 N–H and O–H groups in total. The monoisotopic (exact) mass is 470 g/mol. The van der Waals surface area contributed by atoms with Gasteiger partial charge in [0.1, 0.15) is 30.3 Å². The molecular weight excluding hydrogens is 452 g/mol. The molecule has 0 unspecified atom stereocenters. The second kappa shape index (κ2) is 9.33. The first-order valence-electron chi connectivity index (χ1n) is 10.5. The Morgan fingerprint density at radius 1 is 1.06 bits per heavy atom. The number of aryl methyl sites for hydroxylation is 1. The first kappa shape index (κ1) is 21.6. The molecule has 7 nitrogen and oxygen atoms in total. The van der Waals surface area contributed by atoms with E-state index < -0.39 is 0 Å². The Morgan fingerprint density at radius 2 is 1.97 bits per heavy atom. The normalized spacial score (nSPS) is 10.9. The number of hydrogen-bond acceptors (Lipinski definition) is 7. The number of carbonyl (C=O) groups excluding carboxylic acids is 1. The van der Waals surface area contributed by atoms with Gasteiger partial charge in [-0.3, -0.25) is 9.78 Å². The van der Waals surface area contributed by atoms with Crippen molar-refractivity contribution in [2.45, 2.75) is 13.5 Å². The highest BCUT2D eigenvalue weighted by molar-refractivity contribution is 6.32. The van der Waals surface area contributed by atoms with Gasteiger partial charge in [0.25, 0.3) is 0 Å². The van der Waals surface area contributed by atoms with Crippen LogP contribution in [0.15, 0.2) is 77.5 Å². The number of rotatable bonds is 7. The zero-order valence-electron chi connectivity index (χ0n) is 18.2. The minimum Gasteiger partial charge on any atom is -0.486 e. The number of ether oxygens (including phenoxy) is 1. The SMILES string of the molecule is Cc1cccc(COc2ccc(Nc3ncnc4ccc(-c5ccc(C=O)o5)cc34)cc2Cl)n1. The fourth-order valence-electron chi connectivity index (χ4n) is 3.54. The molecule has 0 fully saturated rings. The van der Waals surface area contributed by atoms with E-state index in [1.807, 2.05) is 49.4 Å². The van der Waals surface area contributed by atoms with Gasteiger partial charge in [0.05, 0.1) is 16.2 Å². The maximum atomic E-state index is 11.0. The van der Waals surface area contributed by atoms with Crippen LogP contribution in [0.2, 0.25) is 5.02 Å². The lowest BCUT2D eigenvalue weighted by Crippen LogP contribution is -2.00. The third kappa shape index (κ3) is 4.60. The van der Waals surface area contributed by atoms with Gasteiger partial charge in [-0.1, -0.05) is 17.7 Å². The van der Waals surface area contributed by atoms with Gasteiger partial charge in [-0.2, -0.15) is 0 Å². The molecule has 5 aromatic rings. The fraction of sp³-hybridized carbons (Fsp3) is 0.0769. The van der Waals surface area contributed by atoms with Crippen molar-refractivity contribution in [2.24, 2.45) is 0 Å². The summed E-state index contributed by atoms with van der Waals surface area (Å²) in [5.74, 6) is 2.04. The zero-order chi connectivity index (χ0) is 23.5. The number of furan rings is 1. The molecule has 0 bridgehead atoms. The molecule has 0 radical (unpaired) electrons. The molecule has 0 aliphatic rings. The van der Waals surface area contributed by atoms with Crippen LogP contribution in [0.25, 0.3) is 22.2 Å². The van der Waals surface area contributed by atoms with Crippen molar-refractivity contribution < 1.29 is 13.9 Å². The van der Waals surface area contributed by atoms with Crippen molar-refractivity contribution in [3.05, 3.63) is 95.2 Å². The van der Waals surface area contributed by atoms with Gasteiger partial charge in [-0.25, -0.2) is 9.97 Å². The van der Waals surface area contributed by atoms with Gasteiger partial charge in [0, 0.05) is 22.3 Å². The highest BCUT2D eigenvalue weighted by Gasteiger charge is 2.11. The van der Waals surface area contributed by atoms with E-state index in [2.05, 4.69) is 20.3 Å². The number of benzene rings is 2. The first-order valence-corrected chi connectivity index (χ1v) is 10.9. The second-order valence-electron chi connectivity index (χ2n) is 7.60. The summed E-state index contributed by atoms with van der Waals surface area (Å²) in [4.78, 5) is 24.1. The number of aldehydes is 1. The number of anilines is 2. The number of nitrogens with one attached hydrogen (secondary N) is 1. The second-order valence-corrected chi connectivity index (χ2v) is 8.01. The Morgan fingerprint density at radius 3 is 2.76 bits per heavy atom. The van der Waals surface area contributed by atoms with Crippen LogP contribution in [0, 0.1) is 6.92 Å². The van der Waals surface area contributed by atoms with Crippen LogP contribution in [0.1, 0.15) is 21.9 Å². The number of aromatic nitrogens is 3. The van der Waals surface area contributed by atoms with Crippen LogP contribution in [0.4, 0.5) is 11.5 Å². The van der Waals surface area contributed by atoms with E-state index in [-0.39, 0.29) is 5.76 Å². The highest BCUT2D eigenvalue weighted by atomic mass is 35.5. The van der Waals surface area contributed by atoms with Crippen molar-refractivity contribution in [3.8, 4) is 17.1 Å².